The monoisotopic (exact) mass is 387 g/mol. The molecule has 4 rings (SSSR count). The van der Waals surface area contributed by atoms with Gasteiger partial charge in [-0.25, -0.2) is 0 Å². The average molecular weight is 387 g/mol. The maximum Gasteiger partial charge on any atom is 0.310 e. The highest BCUT2D eigenvalue weighted by Crippen LogP contribution is 2.38. The lowest BCUT2D eigenvalue weighted by molar-refractivity contribution is -0.151. The van der Waals surface area contributed by atoms with E-state index in [0.717, 1.165) is 35.5 Å². The number of hydrogen-bond donors (Lipinski definition) is 0. The van der Waals surface area contributed by atoms with Crippen molar-refractivity contribution in [1.82, 2.24) is 4.90 Å². The Balaban J connectivity index is 1.37. The molecule has 2 aromatic rings. The van der Waals surface area contributed by atoms with Crippen LogP contribution < -0.4 is 9.47 Å². The first-order chi connectivity index (χ1) is 13.2. The van der Waals surface area contributed by atoms with Crippen LogP contribution in [0.15, 0.2) is 35.0 Å². The van der Waals surface area contributed by atoms with E-state index in [4.69, 9.17) is 14.2 Å². The number of thiophene rings is 1. The van der Waals surface area contributed by atoms with Crippen LogP contribution in [0, 0.1) is 0 Å². The number of carbonyl (C=O) groups excluding carboxylic acids is 2. The first-order valence-corrected chi connectivity index (χ1v) is 10.0. The third kappa shape index (κ3) is 4.08. The van der Waals surface area contributed by atoms with Gasteiger partial charge in [-0.05, 0) is 52.9 Å². The molecule has 0 spiro atoms. The summed E-state index contributed by atoms with van der Waals surface area (Å²) >= 11 is 1.53. The molecule has 0 unspecified atom stereocenters. The molecule has 27 heavy (non-hydrogen) atoms. The summed E-state index contributed by atoms with van der Waals surface area (Å²) in [5.74, 6) is 0.923. The van der Waals surface area contributed by atoms with Gasteiger partial charge in [0.15, 0.2) is 18.1 Å². The molecule has 1 fully saturated rings. The summed E-state index contributed by atoms with van der Waals surface area (Å²) in [6, 6.07) is 7.68. The van der Waals surface area contributed by atoms with Gasteiger partial charge >= 0.3 is 5.97 Å². The van der Waals surface area contributed by atoms with Gasteiger partial charge < -0.3 is 19.1 Å². The average Bonchev–Trinajstić information content (AvgIpc) is 3.37. The van der Waals surface area contributed by atoms with Crippen molar-refractivity contribution in [2.45, 2.75) is 25.3 Å². The lowest BCUT2D eigenvalue weighted by atomic mass is 10.0. The molecule has 1 aromatic carbocycles. The molecule has 7 heteroatoms. The molecular weight excluding hydrogens is 366 g/mol. The molecule has 142 valence electrons. The molecule has 2 aliphatic rings. The number of esters is 1. The molecule has 1 aromatic heterocycles. The van der Waals surface area contributed by atoms with Crippen LogP contribution in [0.25, 0.3) is 0 Å². The molecule has 1 atom stereocenters. The predicted molar refractivity (Wildman–Crippen MR) is 100 cm³/mol. The topological polar surface area (TPSA) is 65.1 Å². The zero-order valence-electron chi connectivity index (χ0n) is 14.9. The highest BCUT2D eigenvalue weighted by molar-refractivity contribution is 7.07. The van der Waals surface area contributed by atoms with Crippen molar-refractivity contribution in [2.24, 2.45) is 0 Å². The van der Waals surface area contributed by atoms with E-state index in [1.165, 1.54) is 11.3 Å². The number of hydrogen-bond acceptors (Lipinski definition) is 6. The first-order valence-electron chi connectivity index (χ1n) is 9.06. The van der Waals surface area contributed by atoms with Crippen LogP contribution in [0.4, 0.5) is 0 Å². The molecule has 3 heterocycles. The van der Waals surface area contributed by atoms with E-state index in [1.807, 2.05) is 35.0 Å². The fourth-order valence-electron chi connectivity index (χ4n) is 3.52. The Morgan fingerprint density at radius 1 is 1.19 bits per heavy atom. The van der Waals surface area contributed by atoms with Crippen LogP contribution in [0.3, 0.4) is 0 Å². The predicted octanol–water partition coefficient (Wildman–Crippen LogP) is 2.97. The lowest BCUT2D eigenvalue weighted by Gasteiger charge is -2.26. The van der Waals surface area contributed by atoms with Gasteiger partial charge in [0.2, 0.25) is 0 Å². The number of carbonyl (C=O) groups is 2. The van der Waals surface area contributed by atoms with Crippen LogP contribution in [0.2, 0.25) is 0 Å². The van der Waals surface area contributed by atoms with Crippen LogP contribution in [0.5, 0.6) is 11.5 Å². The minimum atomic E-state index is -0.378. The van der Waals surface area contributed by atoms with E-state index in [1.54, 1.807) is 4.90 Å². The minimum absolute atomic E-state index is 0.0242. The summed E-state index contributed by atoms with van der Waals surface area (Å²) in [6.07, 6.45) is 2.00. The SMILES string of the molecule is O=C(Cc1ccsc1)OCC(=O)N1CCC[C@H]1c1ccc2c(c1)OCCO2. The van der Waals surface area contributed by atoms with Gasteiger partial charge in [-0.3, -0.25) is 9.59 Å². The molecule has 1 saturated heterocycles. The normalized spacial score (nSPS) is 18.4. The Bertz CT molecular complexity index is 820. The Morgan fingerprint density at radius 2 is 2.04 bits per heavy atom. The van der Waals surface area contributed by atoms with Crippen molar-refractivity contribution >= 4 is 23.2 Å². The smallest absolute Gasteiger partial charge is 0.310 e. The standard InChI is InChI=1S/C20H21NO5S/c22-19(12-26-20(23)10-14-5-9-27-13-14)21-6-1-2-16(21)15-3-4-17-18(11-15)25-8-7-24-17/h3-5,9,11,13,16H,1-2,6-8,10,12H2/t16-/m0/s1. The third-order valence-electron chi connectivity index (χ3n) is 4.81. The van der Waals surface area contributed by atoms with Gasteiger partial charge in [0.1, 0.15) is 13.2 Å². The Labute approximate surface area is 161 Å². The maximum atomic E-state index is 12.6. The number of benzene rings is 1. The van der Waals surface area contributed by atoms with Gasteiger partial charge in [0.25, 0.3) is 5.91 Å². The van der Waals surface area contributed by atoms with Gasteiger partial charge in [0, 0.05) is 6.54 Å². The van der Waals surface area contributed by atoms with Crippen molar-refractivity contribution in [3.8, 4) is 11.5 Å². The number of rotatable bonds is 5. The second-order valence-corrected chi connectivity index (χ2v) is 7.40. The fraction of sp³-hybridized carbons (Fsp3) is 0.400. The van der Waals surface area contributed by atoms with Crippen LogP contribution in [-0.4, -0.2) is 43.1 Å². The fourth-order valence-corrected chi connectivity index (χ4v) is 4.18. The van der Waals surface area contributed by atoms with Crippen LogP contribution in [0.1, 0.15) is 30.0 Å². The summed E-state index contributed by atoms with van der Waals surface area (Å²) in [7, 11) is 0. The quantitative estimate of drug-likeness (QED) is 0.738. The molecule has 0 radical (unpaired) electrons. The zero-order chi connectivity index (χ0) is 18.6. The van der Waals surface area contributed by atoms with E-state index in [-0.39, 0.29) is 30.9 Å². The number of nitrogens with zero attached hydrogens (tertiary/aromatic N) is 1. The van der Waals surface area contributed by atoms with Crippen molar-refractivity contribution in [1.29, 1.82) is 0 Å². The van der Waals surface area contributed by atoms with E-state index in [0.29, 0.717) is 19.8 Å². The summed E-state index contributed by atoms with van der Waals surface area (Å²) < 4.78 is 16.4. The molecule has 0 saturated carbocycles. The molecule has 0 N–H and O–H groups in total. The van der Waals surface area contributed by atoms with E-state index >= 15 is 0 Å². The zero-order valence-corrected chi connectivity index (χ0v) is 15.7. The molecular formula is C20H21NO5S. The number of fused-ring (bicyclic) bond motifs is 1. The lowest BCUT2D eigenvalue weighted by Crippen LogP contribution is -2.34. The number of amides is 1. The second kappa shape index (κ2) is 8.00. The third-order valence-corrected chi connectivity index (χ3v) is 5.54. The van der Waals surface area contributed by atoms with Gasteiger partial charge in [-0.15, -0.1) is 0 Å². The first kappa shape index (κ1) is 17.9. The minimum Gasteiger partial charge on any atom is -0.486 e. The number of ether oxygens (including phenoxy) is 3. The van der Waals surface area contributed by atoms with Crippen molar-refractivity contribution < 1.29 is 23.8 Å². The summed E-state index contributed by atoms with van der Waals surface area (Å²) in [4.78, 5) is 26.3. The van der Waals surface area contributed by atoms with Crippen LogP contribution >= 0.6 is 11.3 Å². The van der Waals surface area contributed by atoms with Crippen molar-refractivity contribution in [2.75, 3.05) is 26.4 Å². The molecule has 6 nitrogen and oxygen atoms in total. The molecule has 0 aliphatic carbocycles. The molecule has 2 aliphatic heterocycles. The van der Waals surface area contributed by atoms with Gasteiger partial charge in [0.05, 0.1) is 12.5 Å². The molecule has 1 amide bonds. The van der Waals surface area contributed by atoms with Crippen molar-refractivity contribution in [3.05, 3.63) is 46.2 Å². The second-order valence-electron chi connectivity index (χ2n) is 6.62. The number of likely N-dealkylation sites (tertiary alicyclic amines) is 1. The Kier molecular flexibility index (Phi) is 5.29. The van der Waals surface area contributed by atoms with Gasteiger partial charge in [-0.2, -0.15) is 11.3 Å². The highest BCUT2D eigenvalue weighted by Gasteiger charge is 2.31. The van der Waals surface area contributed by atoms with E-state index in [9.17, 15) is 9.59 Å². The van der Waals surface area contributed by atoms with Crippen molar-refractivity contribution in [3.63, 3.8) is 0 Å². The van der Waals surface area contributed by atoms with E-state index in [2.05, 4.69) is 0 Å². The Hall–Kier alpha value is -2.54. The summed E-state index contributed by atoms with van der Waals surface area (Å²) in [6.45, 7) is 1.53. The maximum absolute atomic E-state index is 12.6. The van der Waals surface area contributed by atoms with E-state index < -0.39 is 0 Å². The summed E-state index contributed by atoms with van der Waals surface area (Å²) in [5, 5.41) is 3.82. The molecule has 0 bridgehead atoms. The van der Waals surface area contributed by atoms with Crippen LogP contribution in [-0.2, 0) is 20.7 Å². The largest absolute Gasteiger partial charge is 0.486 e. The Morgan fingerprint density at radius 3 is 2.85 bits per heavy atom. The highest BCUT2D eigenvalue weighted by atomic mass is 32.1. The summed E-state index contributed by atoms with van der Waals surface area (Å²) in [5.41, 5.74) is 1.93. The van der Waals surface area contributed by atoms with Gasteiger partial charge in [-0.1, -0.05) is 6.07 Å².